The zero-order valence-corrected chi connectivity index (χ0v) is 4.33. The Hall–Kier alpha value is -0.740. The summed E-state index contributed by atoms with van der Waals surface area (Å²) >= 11 is 4.85. The minimum atomic E-state index is -0.664. The molecule has 0 aromatic rings. The lowest BCUT2D eigenvalue weighted by atomic mass is 10.4. The van der Waals surface area contributed by atoms with E-state index in [1.807, 2.05) is 5.92 Å². The normalized spacial score (nSPS) is 6.86. The molecule has 0 N–H and O–H groups in total. The predicted molar refractivity (Wildman–Crippen MR) is 28.8 cm³/mol. The molecular formula is C5H3ClO. The molecule has 0 heterocycles. The second-order valence-corrected chi connectivity index (χ2v) is 1.24. The van der Waals surface area contributed by atoms with Crippen LogP contribution in [0.4, 0.5) is 0 Å². The topological polar surface area (TPSA) is 17.1 Å². The van der Waals surface area contributed by atoms with Gasteiger partial charge in [-0.05, 0) is 11.6 Å². The molecule has 0 aromatic carbocycles. The highest BCUT2D eigenvalue weighted by Gasteiger charge is 1.94. The average Bonchev–Trinajstić information content (AvgIpc) is 1.65. The van der Waals surface area contributed by atoms with Gasteiger partial charge in [-0.3, -0.25) is 4.79 Å². The van der Waals surface area contributed by atoms with Gasteiger partial charge in [-0.1, -0.05) is 12.5 Å². The molecule has 0 aromatic heterocycles. The van der Waals surface area contributed by atoms with Crippen LogP contribution in [0.25, 0.3) is 0 Å². The second kappa shape index (κ2) is 2.44. The lowest BCUT2D eigenvalue weighted by molar-refractivity contribution is -0.108. The third-order valence-corrected chi connectivity index (χ3v) is 0.640. The number of carbonyl (C=O) groups is 1. The molecule has 0 unspecified atom stereocenters. The van der Waals surface area contributed by atoms with Gasteiger partial charge in [-0.2, -0.15) is 0 Å². The van der Waals surface area contributed by atoms with Crippen molar-refractivity contribution in [3.05, 3.63) is 12.2 Å². The van der Waals surface area contributed by atoms with Crippen molar-refractivity contribution in [3.8, 4) is 12.3 Å². The number of hydrogen-bond acceptors (Lipinski definition) is 1. The molecule has 0 fully saturated rings. The van der Waals surface area contributed by atoms with Crippen molar-refractivity contribution in [3.63, 3.8) is 0 Å². The van der Waals surface area contributed by atoms with Crippen molar-refractivity contribution in [2.75, 3.05) is 0 Å². The molecular weight excluding hydrogens is 112 g/mol. The number of rotatable bonds is 1. The second-order valence-electron chi connectivity index (χ2n) is 0.897. The monoisotopic (exact) mass is 114 g/mol. The van der Waals surface area contributed by atoms with Crippen LogP contribution in [0.5, 0.6) is 0 Å². The number of hydrogen-bond donors (Lipinski definition) is 0. The summed E-state index contributed by atoms with van der Waals surface area (Å²) in [7, 11) is 0. The molecule has 0 saturated heterocycles. The maximum Gasteiger partial charge on any atom is 0.260 e. The first-order chi connectivity index (χ1) is 3.18. The smallest absolute Gasteiger partial charge is 0.260 e. The third-order valence-electron chi connectivity index (χ3n) is 0.411. The van der Waals surface area contributed by atoms with Crippen LogP contribution in [0.3, 0.4) is 0 Å². The lowest BCUT2D eigenvalue weighted by Crippen LogP contribution is -1.84. The van der Waals surface area contributed by atoms with E-state index in [0.29, 0.717) is 0 Å². The zero-order chi connectivity index (χ0) is 5.86. The highest BCUT2D eigenvalue weighted by Crippen LogP contribution is 1.91. The van der Waals surface area contributed by atoms with Crippen molar-refractivity contribution in [2.45, 2.75) is 0 Å². The van der Waals surface area contributed by atoms with E-state index >= 15 is 0 Å². The van der Waals surface area contributed by atoms with Crippen LogP contribution < -0.4 is 0 Å². The number of terminal acetylenes is 1. The Bertz CT molecular complexity index is 141. The number of allylic oxidation sites excluding steroid dienone is 1. The first kappa shape index (κ1) is 6.26. The van der Waals surface area contributed by atoms with Crippen molar-refractivity contribution >= 4 is 16.8 Å². The van der Waals surface area contributed by atoms with Gasteiger partial charge < -0.3 is 0 Å². The van der Waals surface area contributed by atoms with Crippen LogP contribution in [0.15, 0.2) is 12.2 Å². The Kier molecular flexibility index (Phi) is 2.18. The number of halogens is 1. The maximum absolute atomic E-state index is 9.90. The van der Waals surface area contributed by atoms with E-state index in [0.717, 1.165) is 0 Å². The summed E-state index contributed by atoms with van der Waals surface area (Å²) in [5.41, 5.74) is 0.00154. The summed E-state index contributed by atoms with van der Waals surface area (Å²) in [5.74, 6) is 1.99. The molecule has 0 bridgehead atoms. The molecule has 2 heteroatoms. The largest absolute Gasteiger partial charge is 0.275 e. The summed E-state index contributed by atoms with van der Waals surface area (Å²) in [6.45, 7) is 3.16. The molecule has 0 aliphatic heterocycles. The van der Waals surface area contributed by atoms with Crippen LogP contribution in [0, 0.1) is 12.3 Å². The van der Waals surface area contributed by atoms with E-state index in [9.17, 15) is 4.79 Å². The van der Waals surface area contributed by atoms with E-state index in [1.54, 1.807) is 0 Å². The quantitative estimate of drug-likeness (QED) is 0.282. The minimum Gasteiger partial charge on any atom is -0.275 e. The third kappa shape index (κ3) is 2.02. The molecule has 7 heavy (non-hydrogen) atoms. The Morgan fingerprint density at radius 1 is 1.86 bits per heavy atom. The van der Waals surface area contributed by atoms with E-state index in [2.05, 4.69) is 6.58 Å². The molecule has 1 nitrogen and oxygen atoms in total. The predicted octanol–water partition coefficient (Wildman–Crippen LogP) is 0.941. The van der Waals surface area contributed by atoms with Crippen LogP contribution in [-0.2, 0) is 4.79 Å². The van der Waals surface area contributed by atoms with E-state index in [4.69, 9.17) is 18.0 Å². The van der Waals surface area contributed by atoms with Crippen LogP contribution in [0.1, 0.15) is 0 Å². The molecule has 0 atom stereocenters. The summed E-state index contributed by atoms with van der Waals surface area (Å²) in [6, 6.07) is 0. The highest BCUT2D eigenvalue weighted by molar-refractivity contribution is 6.68. The van der Waals surface area contributed by atoms with Gasteiger partial charge in [0.15, 0.2) is 0 Å². The molecule has 36 valence electrons. The standard InChI is InChI=1S/C5H3ClO/c1-3-4(2)5(6)7/h1H,2H2. The fourth-order valence-electron chi connectivity index (χ4n) is 0.0567. The van der Waals surface area contributed by atoms with Crippen LogP contribution in [-0.4, -0.2) is 5.24 Å². The molecule has 0 radical (unpaired) electrons. The van der Waals surface area contributed by atoms with Crippen molar-refractivity contribution in [1.82, 2.24) is 0 Å². The Morgan fingerprint density at radius 3 is 2.29 bits per heavy atom. The fraction of sp³-hybridized carbons (Fsp3) is 0. The van der Waals surface area contributed by atoms with Gasteiger partial charge in [-0.25, -0.2) is 0 Å². The molecule has 0 saturated carbocycles. The van der Waals surface area contributed by atoms with Crippen LogP contribution >= 0.6 is 11.6 Å². The Balaban J connectivity index is 3.90. The lowest BCUT2D eigenvalue weighted by Gasteiger charge is -1.77. The van der Waals surface area contributed by atoms with Gasteiger partial charge in [0.2, 0.25) is 0 Å². The van der Waals surface area contributed by atoms with Gasteiger partial charge in [0, 0.05) is 0 Å². The minimum absolute atomic E-state index is 0.00154. The summed E-state index contributed by atoms with van der Waals surface area (Å²) in [6.07, 6.45) is 4.72. The summed E-state index contributed by atoms with van der Waals surface area (Å²) in [4.78, 5) is 9.90. The zero-order valence-electron chi connectivity index (χ0n) is 3.57. The van der Waals surface area contributed by atoms with E-state index < -0.39 is 5.24 Å². The van der Waals surface area contributed by atoms with E-state index in [-0.39, 0.29) is 5.57 Å². The molecule has 0 spiro atoms. The summed E-state index contributed by atoms with van der Waals surface area (Å²) < 4.78 is 0. The van der Waals surface area contributed by atoms with Gasteiger partial charge in [-0.15, -0.1) is 6.42 Å². The molecule has 0 rings (SSSR count). The summed E-state index contributed by atoms with van der Waals surface area (Å²) in [5, 5.41) is -0.664. The molecule has 0 aliphatic rings. The number of carbonyl (C=O) groups excluding carboxylic acids is 1. The Morgan fingerprint density at radius 2 is 2.29 bits per heavy atom. The van der Waals surface area contributed by atoms with Crippen molar-refractivity contribution < 1.29 is 4.79 Å². The first-order valence-electron chi connectivity index (χ1n) is 1.54. The van der Waals surface area contributed by atoms with Crippen molar-refractivity contribution in [2.24, 2.45) is 0 Å². The van der Waals surface area contributed by atoms with Gasteiger partial charge in [0.1, 0.15) is 0 Å². The SMILES string of the molecule is C#CC(=C)C(=O)Cl. The van der Waals surface area contributed by atoms with Crippen molar-refractivity contribution in [1.29, 1.82) is 0 Å². The van der Waals surface area contributed by atoms with Gasteiger partial charge in [0.25, 0.3) is 5.24 Å². The average molecular weight is 115 g/mol. The first-order valence-corrected chi connectivity index (χ1v) is 1.91. The molecule has 0 aliphatic carbocycles. The Labute approximate surface area is 47.0 Å². The maximum atomic E-state index is 9.90. The molecule has 0 amide bonds. The van der Waals surface area contributed by atoms with Gasteiger partial charge in [0.05, 0.1) is 5.57 Å². The van der Waals surface area contributed by atoms with Crippen LogP contribution in [0.2, 0.25) is 0 Å². The fourth-order valence-corrected chi connectivity index (χ4v) is 0.111. The highest BCUT2D eigenvalue weighted by atomic mass is 35.5. The van der Waals surface area contributed by atoms with E-state index in [1.165, 1.54) is 0 Å². The van der Waals surface area contributed by atoms with Gasteiger partial charge >= 0.3 is 0 Å².